The van der Waals surface area contributed by atoms with E-state index in [9.17, 15) is 24.0 Å². The van der Waals surface area contributed by atoms with Crippen molar-refractivity contribution in [2.75, 3.05) is 13.2 Å². The first-order chi connectivity index (χ1) is 13.9. The first kappa shape index (κ1) is 25.5. The van der Waals surface area contributed by atoms with Gasteiger partial charge in [-0.1, -0.05) is 6.92 Å². The molecule has 0 aromatic rings. The van der Waals surface area contributed by atoms with Crippen LogP contribution in [0.5, 0.6) is 0 Å². The molecular formula is C19H28O11. The SMILES string of the molecule is CC(=O)OC[C@H]1O[C@@H](OC[C@@H](C)C(C)=O)[C@H](OC(C)=O)[C@@H](OC(C)=O)[C@@H]1OC(C)=O. The molecule has 0 spiro atoms. The number of ether oxygens (including phenoxy) is 6. The normalized spacial score (nSPS) is 26.8. The molecule has 0 radical (unpaired) electrons. The molecule has 1 fully saturated rings. The standard InChI is InChI=1S/C19H28O11/c1-9(10(2)20)7-26-19-18(29-14(6)24)17(28-13(5)23)16(27-12(4)22)15(30-19)8-25-11(3)21/h9,15-19H,7-8H2,1-6H3/t9-,15-,16-,17+,18-,19-/m1/s1. The lowest BCUT2D eigenvalue weighted by Crippen LogP contribution is -2.63. The maximum Gasteiger partial charge on any atom is 0.303 e. The fourth-order valence-corrected chi connectivity index (χ4v) is 2.68. The number of rotatable bonds is 9. The van der Waals surface area contributed by atoms with Gasteiger partial charge >= 0.3 is 23.9 Å². The third kappa shape index (κ3) is 8.07. The zero-order chi connectivity index (χ0) is 23.0. The number of carbonyl (C=O) groups excluding carboxylic acids is 5. The minimum absolute atomic E-state index is 0.0803. The van der Waals surface area contributed by atoms with E-state index in [4.69, 9.17) is 28.4 Å². The van der Waals surface area contributed by atoms with E-state index < -0.39 is 60.5 Å². The van der Waals surface area contributed by atoms with E-state index in [0.717, 1.165) is 20.8 Å². The van der Waals surface area contributed by atoms with Gasteiger partial charge in [-0.3, -0.25) is 24.0 Å². The van der Waals surface area contributed by atoms with Crippen LogP contribution in [0.2, 0.25) is 0 Å². The van der Waals surface area contributed by atoms with Gasteiger partial charge in [0.05, 0.1) is 6.61 Å². The number of ketones is 1. The van der Waals surface area contributed by atoms with Crippen molar-refractivity contribution in [2.45, 2.75) is 72.2 Å². The number of Topliss-reactive ketones (excluding diaryl/α,β-unsaturated/α-hetero) is 1. The van der Waals surface area contributed by atoms with Gasteiger partial charge in [0.1, 0.15) is 18.5 Å². The van der Waals surface area contributed by atoms with Gasteiger partial charge in [0.15, 0.2) is 24.6 Å². The van der Waals surface area contributed by atoms with Crippen LogP contribution in [-0.2, 0) is 52.4 Å². The van der Waals surface area contributed by atoms with Gasteiger partial charge in [0.2, 0.25) is 0 Å². The van der Waals surface area contributed by atoms with E-state index in [1.807, 2.05) is 0 Å². The van der Waals surface area contributed by atoms with Gasteiger partial charge in [0, 0.05) is 33.6 Å². The molecule has 1 aliphatic heterocycles. The van der Waals surface area contributed by atoms with E-state index in [0.29, 0.717) is 0 Å². The largest absolute Gasteiger partial charge is 0.463 e. The van der Waals surface area contributed by atoms with E-state index in [2.05, 4.69) is 0 Å². The highest BCUT2D eigenvalue weighted by atomic mass is 16.7. The Labute approximate surface area is 174 Å². The second kappa shape index (κ2) is 11.6. The maximum absolute atomic E-state index is 11.7. The molecule has 0 N–H and O–H groups in total. The fraction of sp³-hybridized carbons (Fsp3) is 0.737. The summed E-state index contributed by atoms with van der Waals surface area (Å²) in [5, 5.41) is 0. The predicted molar refractivity (Wildman–Crippen MR) is 97.8 cm³/mol. The minimum atomic E-state index is -1.30. The van der Waals surface area contributed by atoms with Crippen LogP contribution < -0.4 is 0 Å². The predicted octanol–water partition coefficient (Wildman–Crippen LogP) is 0.311. The molecule has 30 heavy (non-hydrogen) atoms. The molecule has 11 heteroatoms. The molecule has 0 aromatic heterocycles. The van der Waals surface area contributed by atoms with Gasteiger partial charge in [-0.15, -0.1) is 0 Å². The molecule has 0 bridgehead atoms. The molecule has 1 heterocycles. The van der Waals surface area contributed by atoms with Gasteiger partial charge < -0.3 is 28.4 Å². The van der Waals surface area contributed by atoms with Crippen LogP contribution >= 0.6 is 0 Å². The Morgan fingerprint density at radius 3 is 1.73 bits per heavy atom. The molecule has 0 aromatic carbocycles. The first-order valence-electron chi connectivity index (χ1n) is 9.34. The van der Waals surface area contributed by atoms with E-state index in [1.54, 1.807) is 6.92 Å². The number of hydrogen-bond acceptors (Lipinski definition) is 11. The Balaban J connectivity index is 3.27. The van der Waals surface area contributed by atoms with Crippen molar-refractivity contribution in [1.82, 2.24) is 0 Å². The highest BCUT2D eigenvalue weighted by Gasteiger charge is 2.52. The first-order valence-corrected chi connectivity index (χ1v) is 9.34. The Morgan fingerprint density at radius 1 is 0.767 bits per heavy atom. The second-order valence-corrected chi connectivity index (χ2v) is 6.91. The van der Waals surface area contributed by atoms with Crippen molar-refractivity contribution < 1.29 is 52.4 Å². The third-order valence-corrected chi connectivity index (χ3v) is 4.15. The van der Waals surface area contributed by atoms with Gasteiger partial charge in [0.25, 0.3) is 0 Å². The molecule has 1 saturated heterocycles. The molecule has 0 aliphatic carbocycles. The van der Waals surface area contributed by atoms with Crippen LogP contribution in [0.15, 0.2) is 0 Å². The molecule has 1 aliphatic rings. The van der Waals surface area contributed by atoms with Crippen molar-refractivity contribution in [3.63, 3.8) is 0 Å². The number of carbonyl (C=O) groups is 5. The summed E-state index contributed by atoms with van der Waals surface area (Å²) in [5.74, 6) is -3.43. The van der Waals surface area contributed by atoms with Gasteiger partial charge in [-0.2, -0.15) is 0 Å². The monoisotopic (exact) mass is 432 g/mol. The molecule has 170 valence electrons. The summed E-state index contributed by atoms with van der Waals surface area (Å²) in [6.07, 6.45) is -6.23. The number of hydrogen-bond donors (Lipinski definition) is 0. The Kier molecular flexibility index (Phi) is 9.86. The molecule has 0 amide bonds. The third-order valence-electron chi connectivity index (χ3n) is 4.15. The van der Waals surface area contributed by atoms with Crippen LogP contribution in [0.3, 0.4) is 0 Å². The average Bonchev–Trinajstić information content (AvgIpc) is 2.60. The molecule has 0 saturated carbocycles. The highest BCUT2D eigenvalue weighted by Crippen LogP contribution is 2.30. The van der Waals surface area contributed by atoms with Crippen LogP contribution in [0.1, 0.15) is 41.5 Å². The quantitative estimate of drug-likeness (QED) is 0.367. The van der Waals surface area contributed by atoms with Crippen LogP contribution in [0, 0.1) is 5.92 Å². The zero-order valence-electron chi connectivity index (χ0n) is 17.9. The summed E-state index contributed by atoms with van der Waals surface area (Å²) >= 11 is 0. The van der Waals surface area contributed by atoms with E-state index in [-0.39, 0.29) is 19.0 Å². The second-order valence-electron chi connectivity index (χ2n) is 6.91. The molecule has 11 nitrogen and oxygen atoms in total. The molecular weight excluding hydrogens is 404 g/mol. The van der Waals surface area contributed by atoms with Gasteiger partial charge in [-0.05, 0) is 6.92 Å². The lowest BCUT2D eigenvalue weighted by atomic mass is 9.98. The minimum Gasteiger partial charge on any atom is -0.463 e. The van der Waals surface area contributed by atoms with E-state index >= 15 is 0 Å². The van der Waals surface area contributed by atoms with Crippen LogP contribution in [0.4, 0.5) is 0 Å². The Bertz CT molecular complexity index is 659. The molecule has 1 rings (SSSR count). The molecule has 6 atom stereocenters. The zero-order valence-corrected chi connectivity index (χ0v) is 17.9. The van der Waals surface area contributed by atoms with E-state index in [1.165, 1.54) is 13.8 Å². The Morgan fingerprint density at radius 2 is 1.27 bits per heavy atom. The van der Waals surface area contributed by atoms with Crippen LogP contribution in [-0.4, -0.2) is 73.6 Å². The summed E-state index contributed by atoms with van der Waals surface area (Å²) in [6, 6.07) is 0. The smallest absolute Gasteiger partial charge is 0.303 e. The fourth-order valence-electron chi connectivity index (χ4n) is 2.68. The average molecular weight is 432 g/mol. The van der Waals surface area contributed by atoms with Crippen LogP contribution in [0.25, 0.3) is 0 Å². The van der Waals surface area contributed by atoms with Crippen molar-refractivity contribution in [3.8, 4) is 0 Å². The topological polar surface area (TPSA) is 141 Å². The highest BCUT2D eigenvalue weighted by molar-refractivity contribution is 5.77. The van der Waals surface area contributed by atoms with Crippen molar-refractivity contribution in [3.05, 3.63) is 0 Å². The van der Waals surface area contributed by atoms with Crippen molar-refractivity contribution >= 4 is 29.7 Å². The summed E-state index contributed by atoms with van der Waals surface area (Å²) < 4.78 is 32.1. The summed E-state index contributed by atoms with van der Waals surface area (Å²) in [7, 11) is 0. The summed E-state index contributed by atoms with van der Waals surface area (Å²) in [6.45, 7) is 7.16. The summed E-state index contributed by atoms with van der Waals surface area (Å²) in [4.78, 5) is 57.7. The lowest BCUT2D eigenvalue weighted by Gasteiger charge is -2.44. The van der Waals surface area contributed by atoms with Crippen molar-refractivity contribution in [2.24, 2.45) is 5.92 Å². The lowest BCUT2D eigenvalue weighted by molar-refractivity contribution is -0.309. The van der Waals surface area contributed by atoms with Crippen molar-refractivity contribution in [1.29, 1.82) is 0 Å². The number of esters is 4. The maximum atomic E-state index is 11.7. The van der Waals surface area contributed by atoms with Gasteiger partial charge in [-0.25, -0.2) is 0 Å². The Hall–Kier alpha value is -2.53. The summed E-state index contributed by atoms with van der Waals surface area (Å²) in [5.41, 5.74) is 0. The molecule has 0 unspecified atom stereocenters.